The summed E-state index contributed by atoms with van der Waals surface area (Å²) in [6, 6.07) is 0. The van der Waals surface area contributed by atoms with Gasteiger partial charge in [-0.2, -0.15) is 11.8 Å². The van der Waals surface area contributed by atoms with Gasteiger partial charge in [0, 0.05) is 6.42 Å². The summed E-state index contributed by atoms with van der Waals surface area (Å²) in [7, 11) is 0. The number of amides is 1. The first kappa shape index (κ1) is 18.7. The first-order valence-electron chi connectivity index (χ1n) is 6.97. The lowest BCUT2D eigenvalue weighted by Crippen LogP contribution is -2.42. The van der Waals surface area contributed by atoms with Crippen molar-refractivity contribution in [2.24, 2.45) is 0 Å². The van der Waals surface area contributed by atoms with Gasteiger partial charge >= 0.3 is 0 Å². The predicted molar refractivity (Wildman–Crippen MR) is 77.7 cm³/mol. The minimum atomic E-state index is -2.81. The summed E-state index contributed by atoms with van der Waals surface area (Å²) in [6.45, 7) is 1.62. The normalized spacial score (nSPS) is 11.6. The Morgan fingerprint density at radius 3 is 2.21 bits per heavy atom. The first-order chi connectivity index (χ1) is 8.95. The number of carbonyl (C=O) groups excluding carboxylic acids is 1. The molecule has 0 radical (unpaired) electrons. The second-order valence-corrected chi connectivity index (χ2v) is 6.01. The number of thioether (sulfide) groups is 1. The van der Waals surface area contributed by atoms with Crippen molar-refractivity contribution in [2.45, 2.75) is 57.8 Å². The molecule has 5 nitrogen and oxygen atoms in total. The molecule has 0 aromatic heterocycles. The van der Waals surface area contributed by atoms with Crippen molar-refractivity contribution in [3.05, 3.63) is 0 Å². The highest BCUT2D eigenvalue weighted by Gasteiger charge is 2.18. The Bertz CT molecular complexity index is 231. The van der Waals surface area contributed by atoms with Crippen molar-refractivity contribution in [1.82, 2.24) is 5.32 Å². The van der Waals surface area contributed by atoms with E-state index in [4.69, 9.17) is 15.3 Å². The maximum absolute atomic E-state index is 11.2. The van der Waals surface area contributed by atoms with Gasteiger partial charge in [-0.1, -0.05) is 32.6 Å². The highest BCUT2D eigenvalue weighted by molar-refractivity contribution is 7.99. The van der Waals surface area contributed by atoms with E-state index in [0.717, 1.165) is 19.3 Å². The van der Waals surface area contributed by atoms with Gasteiger partial charge in [0.25, 0.3) is 5.97 Å². The average Bonchev–Trinajstić information content (AvgIpc) is 2.33. The third-order valence-electron chi connectivity index (χ3n) is 2.67. The molecule has 0 aliphatic carbocycles. The van der Waals surface area contributed by atoms with Gasteiger partial charge in [0.1, 0.15) is 0 Å². The smallest absolute Gasteiger partial charge is 0.293 e. The Morgan fingerprint density at radius 1 is 1.05 bits per heavy atom. The van der Waals surface area contributed by atoms with Crippen LogP contribution < -0.4 is 5.32 Å². The fourth-order valence-electron chi connectivity index (χ4n) is 1.65. The van der Waals surface area contributed by atoms with Crippen LogP contribution >= 0.6 is 11.8 Å². The van der Waals surface area contributed by atoms with Gasteiger partial charge < -0.3 is 20.6 Å². The molecule has 0 saturated heterocycles. The Kier molecular flexibility index (Phi) is 11.3. The highest BCUT2D eigenvalue weighted by atomic mass is 32.2. The van der Waals surface area contributed by atoms with Crippen LogP contribution in [0.4, 0.5) is 0 Å². The summed E-state index contributed by atoms with van der Waals surface area (Å²) in [5.74, 6) is -0.650. The van der Waals surface area contributed by atoms with E-state index in [1.54, 1.807) is 0 Å². The molecule has 0 bridgehead atoms. The zero-order valence-electron chi connectivity index (χ0n) is 11.7. The van der Waals surface area contributed by atoms with E-state index >= 15 is 0 Å². The van der Waals surface area contributed by atoms with Crippen LogP contribution in [0.25, 0.3) is 0 Å². The molecule has 0 aromatic rings. The maximum atomic E-state index is 11.2. The number of carbonyl (C=O) groups is 1. The molecule has 0 unspecified atom stereocenters. The molecule has 0 atom stereocenters. The second-order valence-electron chi connectivity index (χ2n) is 4.62. The number of hydrogen-bond acceptors (Lipinski definition) is 5. The van der Waals surface area contributed by atoms with Crippen molar-refractivity contribution >= 4 is 17.7 Å². The van der Waals surface area contributed by atoms with Crippen LogP contribution in [0.3, 0.4) is 0 Å². The Balaban J connectivity index is 3.23. The summed E-state index contributed by atoms with van der Waals surface area (Å²) >= 11 is 1.97. The Labute approximate surface area is 119 Å². The molecule has 1 amide bonds. The third kappa shape index (κ3) is 15.6. The molecule has 0 aliphatic rings. The summed E-state index contributed by atoms with van der Waals surface area (Å²) in [5, 5.41) is 28.0. The number of rotatable bonds is 12. The van der Waals surface area contributed by atoms with Crippen molar-refractivity contribution in [3.8, 4) is 0 Å². The first-order valence-corrected chi connectivity index (χ1v) is 8.12. The fraction of sp³-hybridized carbons (Fsp3) is 0.923. The maximum Gasteiger partial charge on any atom is 0.293 e. The lowest BCUT2D eigenvalue weighted by atomic mass is 10.1. The second kappa shape index (κ2) is 11.5. The summed E-state index contributed by atoms with van der Waals surface area (Å²) in [6.07, 6.45) is 7.03. The van der Waals surface area contributed by atoms with E-state index < -0.39 is 12.5 Å². The molecule has 19 heavy (non-hydrogen) atoms. The molecule has 0 saturated carbocycles. The molecule has 0 spiro atoms. The van der Waals surface area contributed by atoms with Gasteiger partial charge in [0.2, 0.25) is 5.91 Å². The number of aliphatic hydroxyl groups is 3. The predicted octanol–water partition coefficient (Wildman–Crippen LogP) is 1.22. The van der Waals surface area contributed by atoms with Gasteiger partial charge in [-0.15, -0.1) is 0 Å². The molecule has 0 fully saturated rings. The molecule has 6 heteroatoms. The van der Waals surface area contributed by atoms with E-state index in [2.05, 4.69) is 12.2 Å². The monoisotopic (exact) mass is 293 g/mol. The minimum absolute atomic E-state index is 0.263. The van der Waals surface area contributed by atoms with Gasteiger partial charge in [-0.25, -0.2) is 0 Å². The molecule has 114 valence electrons. The van der Waals surface area contributed by atoms with Crippen molar-refractivity contribution in [2.75, 3.05) is 18.1 Å². The number of unbranched alkanes of at least 4 members (excludes halogenated alkanes) is 5. The Hall–Kier alpha value is -0.300. The lowest BCUT2D eigenvalue weighted by molar-refractivity contribution is -0.305. The van der Waals surface area contributed by atoms with Crippen LogP contribution in [0.2, 0.25) is 0 Å². The van der Waals surface area contributed by atoms with Crippen molar-refractivity contribution in [1.29, 1.82) is 0 Å². The molecule has 0 rings (SSSR count). The fourth-order valence-corrected chi connectivity index (χ4v) is 2.34. The van der Waals surface area contributed by atoms with Gasteiger partial charge in [0.15, 0.2) is 0 Å². The Morgan fingerprint density at radius 2 is 1.63 bits per heavy atom. The topological polar surface area (TPSA) is 89.8 Å². The van der Waals surface area contributed by atoms with Crippen LogP contribution in [0.15, 0.2) is 0 Å². The van der Waals surface area contributed by atoms with Gasteiger partial charge in [0.05, 0.1) is 6.54 Å². The van der Waals surface area contributed by atoms with E-state index in [1.807, 2.05) is 11.8 Å². The van der Waals surface area contributed by atoms with E-state index in [1.165, 1.54) is 30.8 Å². The number of hydrogen-bond donors (Lipinski definition) is 4. The van der Waals surface area contributed by atoms with Crippen molar-refractivity contribution < 1.29 is 20.1 Å². The zero-order chi connectivity index (χ0) is 14.6. The van der Waals surface area contributed by atoms with Crippen LogP contribution in [0.5, 0.6) is 0 Å². The molecular weight excluding hydrogens is 266 g/mol. The van der Waals surface area contributed by atoms with Gasteiger partial charge in [-0.3, -0.25) is 4.79 Å². The SMILES string of the molecule is CCSCCCCCCCCC(=O)NCC(O)(O)O. The van der Waals surface area contributed by atoms with E-state index in [9.17, 15) is 4.79 Å². The zero-order valence-corrected chi connectivity index (χ0v) is 12.5. The summed E-state index contributed by atoms with van der Waals surface area (Å²) in [5.41, 5.74) is 0. The quantitative estimate of drug-likeness (QED) is 0.321. The van der Waals surface area contributed by atoms with Crippen molar-refractivity contribution in [3.63, 3.8) is 0 Å². The largest absolute Gasteiger partial charge is 0.348 e. The van der Waals surface area contributed by atoms with Gasteiger partial charge in [-0.05, 0) is 24.3 Å². The molecule has 0 heterocycles. The average molecular weight is 293 g/mol. The minimum Gasteiger partial charge on any atom is -0.348 e. The van der Waals surface area contributed by atoms with Crippen LogP contribution in [0, 0.1) is 0 Å². The summed E-state index contributed by atoms with van der Waals surface area (Å²) < 4.78 is 0. The molecule has 0 aromatic carbocycles. The highest BCUT2D eigenvalue weighted by Crippen LogP contribution is 2.10. The number of nitrogens with one attached hydrogen (secondary N) is 1. The molecule has 4 N–H and O–H groups in total. The van der Waals surface area contributed by atoms with E-state index in [-0.39, 0.29) is 5.91 Å². The standard InChI is InChI=1S/C13H27NO4S/c1-2-19-10-8-6-4-3-5-7-9-12(15)14-11-13(16,17)18/h16-18H,2-11H2,1H3,(H,14,15). The molecular formula is C13H27NO4S. The molecule has 0 aliphatic heterocycles. The third-order valence-corrected chi connectivity index (χ3v) is 3.65. The summed E-state index contributed by atoms with van der Waals surface area (Å²) in [4.78, 5) is 11.2. The van der Waals surface area contributed by atoms with Crippen LogP contribution in [0.1, 0.15) is 51.9 Å². The lowest BCUT2D eigenvalue weighted by Gasteiger charge is -2.14. The van der Waals surface area contributed by atoms with Crippen LogP contribution in [-0.2, 0) is 4.79 Å². The van der Waals surface area contributed by atoms with E-state index in [0.29, 0.717) is 6.42 Å². The van der Waals surface area contributed by atoms with Crippen LogP contribution in [-0.4, -0.2) is 45.3 Å².